The van der Waals surface area contributed by atoms with E-state index in [9.17, 15) is 4.79 Å². The highest BCUT2D eigenvalue weighted by Gasteiger charge is 2.45. The number of amides is 1. The number of ether oxygens (including phenoxy) is 2. The van der Waals surface area contributed by atoms with Crippen molar-refractivity contribution in [3.05, 3.63) is 58.4 Å². The summed E-state index contributed by atoms with van der Waals surface area (Å²) < 4.78 is 13.0. The molecule has 0 radical (unpaired) electrons. The standard InChI is InChI=1S/C26H30ClN5O3/c1-15(2)31-21(20-14-29-26(35-4)30-24(20)34-3)13-19-23(31)22(16-5-7-17(27)8-6-16)32(25(19)33)18-9-11-28-12-10-18/h5-8,13-15,18,22,28H,9-12H2,1-4H3. The second-order valence-electron chi connectivity index (χ2n) is 9.22. The molecular weight excluding hydrogens is 466 g/mol. The lowest BCUT2D eigenvalue weighted by molar-refractivity contribution is 0.0616. The summed E-state index contributed by atoms with van der Waals surface area (Å²) in [4.78, 5) is 24.8. The Balaban J connectivity index is 1.71. The first-order valence-electron chi connectivity index (χ1n) is 11.9. The zero-order chi connectivity index (χ0) is 24.7. The second-order valence-corrected chi connectivity index (χ2v) is 9.66. The van der Waals surface area contributed by atoms with Gasteiger partial charge in [0, 0.05) is 23.3 Å². The predicted octanol–water partition coefficient (Wildman–Crippen LogP) is 4.49. The molecule has 2 aliphatic rings. The van der Waals surface area contributed by atoms with Crippen LogP contribution < -0.4 is 14.8 Å². The van der Waals surface area contributed by atoms with Gasteiger partial charge in [-0.05, 0) is 63.5 Å². The van der Waals surface area contributed by atoms with Gasteiger partial charge in [0.25, 0.3) is 5.91 Å². The number of aromatic nitrogens is 3. The van der Waals surface area contributed by atoms with Crippen molar-refractivity contribution in [3.63, 3.8) is 0 Å². The van der Waals surface area contributed by atoms with E-state index in [4.69, 9.17) is 21.1 Å². The van der Waals surface area contributed by atoms with Crippen LogP contribution in [0.1, 0.15) is 60.4 Å². The fraction of sp³-hybridized carbons (Fsp3) is 0.423. The van der Waals surface area contributed by atoms with Crippen molar-refractivity contribution in [1.82, 2.24) is 24.8 Å². The molecule has 5 rings (SSSR count). The third-order valence-electron chi connectivity index (χ3n) is 6.87. The molecule has 35 heavy (non-hydrogen) atoms. The van der Waals surface area contributed by atoms with E-state index in [1.807, 2.05) is 30.3 Å². The van der Waals surface area contributed by atoms with E-state index < -0.39 is 0 Å². The number of hydrogen-bond acceptors (Lipinski definition) is 6. The van der Waals surface area contributed by atoms with Crippen LogP contribution in [-0.2, 0) is 0 Å². The number of piperidine rings is 1. The van der Waals surface area contributed by atoms with Crippen LogP contribution in [0.4, 0.5) is 0 Å². The maximum Gasteiger partial charge on any atom is 0.319 e. The molecule has 2 aromatic heterocycles. The average molecular weight is 496 g/mol. The van der Waals surface area contributed by atoms with Crippen molar-refractivity contribution in [2.24, 2.45) is 0 Å². The molecule has 0 spiro atoms. The van der Waals surface area contributed by atoms with Crippen LogP contribution in [0.3, 0.4) is 0 Å². The van der Waals surface area contributed by atoms with Gasteiger partial charge in [0.05, 0.1) is 42.8 Å². The summed E-state index contributed by atoms with van der Waals surface area (Å²) in [6.07, 6.45) is 3.55. The Morgan fingerprint density at radius 3 is 2.43 bits per heavy atom. The molecule has 0 aliphatic carbocycles. The minimum atomic E-state index is -0.209. The van der Waals surface area contributed by atoms with E-state index in [2.05, 4.69) is 38.6 Å². The van der Waals surface area contributed by atoms with E-state index >= 15 is 0 Å². The van der Waals surface area contributed by atoms with Gasteiger partial charge in [-0.25, -0.2) is 4.98 Å². The van der Waals surface area contributed by atoms with Crippen LogP contribution in [0.25, 0.3) is 11.3 Å². The number of fused-ring (bicyclic) bond motifs is 1. The van der Waals surface area contributed by atoms with Crippen LogP contribution in [-0.4, -0.2) is 58.7 Å². The number of nitrogens with one attached hydrogen (secondary N) is 1. The van der Waals surface area contributed by atoms with E-state index in [1.54, 1.807) is 13.3 Å². The topological polar surface area (TPSA) is 81.5 Å². The van der Waals surface area contributed by atoms with Gasteiger partial charge in [0.1, 0.15) is 0 Å². The number of methoxy groups -OCH3 is 2. The first kappa shape index (κ1) is 23.6. The molecule has 9 heteroatoms. The molecule has 1 fully saturated rings. The highest BCUT2D eigenvalue weighted by atomic mass is 35.5. The highest BCUT2D eigenvalue weighted by molar-refractivity contribution is 6.30. The molecule has 1 atom stereocenters. The first-order chi connectivity index (χ1) is 16.9. The molecule has 2 aliphatic heterocycles. The monoisotopic (exact) mass is 495 g/mol. The van der Waals surface area contributed by atoms with Gasteiger partial charge in [-0.15, -0.1) is 0 Å². The van der Waals surface area contributed by atoms with Crippen molar-refractivity contribution in [2.45, 2.75) is 44.8 Å². The van der Waals surface area contributed by atoms with Crippen LogP contribution in [0.2, 0.25) is 5.02 Å². The molecular formula is C26H30ClN5O3. The van der Waals surface area contributed by atoms with Crippen molar-refractivity contribution in [1.29, 1.82) is 0 Å². The molecule has 8 nitrogen and oxygen atoms in total. The second kappa shape index (κ2) is 9.51. The van der Waals surface area contributed by atoms with E-state index in [-0.39, 0.29) is 30.0 Å². The van der Waals surface area contributed by atoms with Crippen molar-refractivity contribution in [2.75, 3.05) is 27.3 Å². The van der Waals surface area contributed by atoms with E-state index in [1.165, 1.54) is 7.11 Å². The van der Waals surface area contributed by atoms with Gasteiger partial charge in [-0.3, -0.25) is 4.79 Å². The summed E-state index contributed by atoms with van der Waals surface area (Å²) in [5.41, 5.74) is 4.31. The van der Waals surface area contributed by atoms with Crippen LogP contribution in [0, 0.1) is 0 Å². The average Bonchev–Trinajstić information content (AvgIpc) is 3.40. The molecule has 0 bridgehead atoms. The Hall–Kier alpha value is -3.10. The Morgan fingerprint density at radius 2 is 1.80 bits per heavy atom. The minimum absolute atomic E-state index is 0.0564. The molecule has 1 N–H and O–H groups in total. The number of rotatable bonds is 6. The maximum absolute atomic E-state index is 14.0. The van der Waals surface area contributed by atoms with Crippen LogP contribution in [0.15, 0.2) is 36.5 Å². The van der Waals surface area contributed by atoms with Crippen molar-refractivity contribution < 1.29 is 14.3 Å². The summed E-state index contributed by atoms with van der Waals surface area (Å²) in [6, 6.07) is 10.1. The first-order valence-corrected chi connectivity index (χ1v) is 12.3. The van der Waals surface area contributed by atoms with Gasteiger partial charge >= 0.3 is 6.01 Å². The quantitative estimate of drug-likeness (QED) is 0.542. The zero-order valence-electron chi connectivity index (χ0n) is 20.4. The molecule has 1 saturated heterocycles. The van der Waals surface area contributed by atoms with Gasteiger partial charge in [0.15, 0.2) is 0 Å². The SMILES string of the molecule is COc1ncc(-c2cc3c(n2C(C)C)C(c2ccc(Cl)cc2)N(C2CCNCC2)C3=O)c(OC)n1. The Bertz CT molecular complexity index is 1230. The third kappa shape index (κ3) is 4.04. The predicted molar refractivity (Wildman–Crippen MR) is 134 cm³/mol. The smallest absolute Gasteiger partial charge is 0.319 e. The summed E-state index contributed by atoms with van der Waals surface area (Å²) >= 11 is 6.22. The molecule has 1 aromatic carbocycles. The van der Waals surface area contributed by atoms with Crippen LogP contribution in [0.5, 0.6) is 11.9 Å². The number of benzene rings is 1. The summed E-state index contributed by atoms with van der Waals surface area (Å²) in [7, 11) is 3.09. The molecule has 4 heterocycles. The molecule has 1 unspecified atom stereocenters. The number of halogens is 1. The Kier molecular flexibility index (Phi) is 6.42. The number of nitrogens with zero attached hydrogens (tertiary/aromatic N) is 4. The Labute approximate surface area is 210 Å². The normalized spacial score (nSPS) is 18.3. The van der Waals surface area contributed by atoms with E-state index in [0.717, 1.165) is 42.9 Å². The van der Waals surface area contributed by atoms with Crippen molar-refractivity contribution >= 4 is 17.5 Å². The lowest BCUT2D eigenvalue weighted by Gasteiger charge is -2.37. The fourth-order valence-corrected chi connectivity index (χ4v) is 5.47. The Morgan fingerprint density at radius 1 is 1.09 bits per heavy atom. The summed E-state index contributed by atoms with van der Waals surface area (Å²) in [6.45, 7) is 6.05. The summed E-state index contributed by atoms with van der Waals surface area (Å²) in [5.74, 6) is 0.460. The third-order valence-corrected chi connectivity index (χ3v) is 7.12. The molecule has 1 amide bonds. The van der Waals surface area contributed by atoms with Gasteiger partial charge in [-0.1, -0.05) is 23.7 Å². The fourth-order valence-electron chi connectivity index (χ4n) is 5.35. The number of hydrogen-bond donors (Lipinski definition) is 1. The van der Waals surface area contributed by atoms with Gasteiger partial charge in [-0.2, -0.15) is 4.98 Å². The number of carbonyl (C=O) groups excluding carboxylic acids is 1. The molecule has 0 saturated carbocycles. The minimum Gasteiger partial charge on any atom is -0.480 e. The lowest BCUT2D eigenvalue weighted by Crippen LogP contribution is -2.45. The number of carbonyl (C=O) groups is 1. The summed E-state index contributed by atoms with van der Waals surface area (Å²) in [5, 5.41) is 4.09. The van der Waals surface area contributed by atoms with E-state index in [0.29, 0.717) is 22.0 Å². The molecule has 184 valence electrons. The largest absolute Gasteiger partial charge is 0.480 e. The van der Waals surface area contributed by atoms with Crippen molar-refractivity contribution in [3.8, 4) is 23.1 Å². The zero-order valence-corrected chi connectivity index (χ0v) is 21.2. The maximum atomic E-state index is 14.0. The van der Waals surface area contributed by atoms with Gasteiger partial charge in [0.2, 0.25) is 5.88 Å². The molecule has 3 aromatic rings. The highest BCUT2D eigenvalue weighted by Crippen LogP contribution is 2.47. The van der Waals surface area contributed by atoms with Gasteiger partial charge < -0.3 is 24.3 Å². The lowest BCUT2D eigenvalue weighted by atomic mass is 9.98. The van der Waals surface area contributed by atoms with Crippen LogP contribution >= 0.6 is 11.6 Å².